The van der Waals surface area contributed by atoms with Crippen LogP contribution in [-0.2, 0) is 11.0 Å². The molecule has 0 atom stereocenters. The quantitative estimate of drug-likeness (QED) is 0.518. The molecule has 0 aromatic heterocycles. The largest absolute Gasteiger partial charge is 0.487 e. The first-order valence-electron chi connectivity index (χ1n) is 11.6. The van der Waals surface area contributed by atoms with E-state index in [0.717, 1.165) is 30.9 Å². The van der Waals surface area contributed by atoms with Crippen LogP contribution in [0.15, 0.2) is 42.5 Å². The summed E-state index contributed by atoms with van der Waals surface area (Å²) in [5.41, 5.74) is 1.20. The van der Waals surface area contributed by atoms with Gasteiger partial charge >= 0.3 is 6.18 Å². The van der Waals surface area contributed by atoms with Crippen LogP contribution in [0, 0.1) is 0 Å². The van der Waals surface area contributed by atoms with E-state index in [1.807, 2.05) is 26.0 Å². The van der Waals surface area contributed by atoms with Crippen LogP contribution < -0.4 is 19.7 Å². The van der Waals surface area contributed by atoms with E-state index in [1.165, 1.54) is 12.1 Å². The van der Waals surface area contributed by atoms with Crippen LogP contribution >= 0.6 is 0 Å². The van der Waals surface area contributed by atoms with Crippen LogP contribution in [0.4, 0.5) is 24.5 Å². The van der Waals surface area contributed by atoms with E-state index < -0.39 is 17.3 Å². The van der Waals surface area contributed by atoms with Crippen molar-refractivity contribution < 1.29 is 27.4 Å². The van der Waals surface area contributed by atoms with Gasteiger partial charge in [0.2, 0.25) is 5.91 Å². The van der Waals surface area contributed by atoms with Gasteiger partial charge in [0.15, 0.2) is 5.75 Å². The highest BCUT2D eigenvalue weighted by Gasteiger charge is 2.38. The number of carbonyl (C=O) groups excluding carboxylic acids is 1. The summed E-state index contributed by atoms with van der Waals surface area (Å²) in [5.74, 6) is 0.415. The molecule has 2 aliphatic heterocycles. The number of fused-ring (bicyclic) bond motifs is 2. The second-order valence-electron chi connectivity index (χ2n) is 8.62. The molecule has 1 N–H and O–H groups in total. The standard InChI is InChI=1S/C26H29F3N2O3/c1-4-25(5-2)16-17(19-11-10-18(26(27,28)29)15-22(19)34-25)14-23(32)30-20-8-7-9-21-24(20)33-13-12-31(21)6-3/h7-11,14-15H,4-6,12-13,16H2,1-3H3,(H,30,32)/b17-14+. The van der Waals surface area contributed by atoms with Gasteiger partial charge in [0.25, 0.3) is 0 Å². The van der Waals surface area contributed by atoms with Crippen LogP contribution in [-0.4, -0.2) is 31.2 Å². The van der Waals surface area contributed by atoms with Crippen molar-refractivity contribution >= 4 is 22.9 Å². The number of nitrogens with zero attached hydrogens (tertiary/aromatic N) is 1. The fourth-order valence-corrected chi connectivity index (χ4v) is 4.59. The lowest BCUT2D eigenvalue weighted by molar-refractivity contribution is -0.137. The maximum atomic E-state index is 13.3. The lowest BCUT2D eigenvalue weighted by Crippen LogP contribution is -2.38. The number of carbonyl (C=O) groups is 1. The maximum absolute atomic E-state index is 13.3. The molecule has 0 unspecified atom stereocenters. The van der Waals surface area contributed by atoms with E-state index in [9.17, 15) is 18.0 Å². The number of rotatable bonds is 5. The van der Waals surface area contributed by atoms with E-state index >= 15 is 0 Å². The first-order chi connectivity index (χ1) is 16.2. The maximum Gasteiger partial charge on any atom is 0.416 e. The van der Waals surface area contributed by atoms with Crippen LogP contribution in [0.2, 0.25) is 0 Å². The molecule has 0 aliphatic carbocycles. The predicted octanol–water partition coefficient (Wildman–Crippen LogP) is 6.29. The average Bonchev–Trinajstić information content (AvgIpc) is 2.82. The minimum absolute atomic E-state index is 0.155. The molecule has 4 rings (SSSR count). The Bertz CT molecular complexity index is 1110. The minimum Gasteiger partial charge on any atom is -0.487 e. The molecular weight excluding hydrogens is 445 g/mol. The smallest absolute Gasteiger partial charge is 0.416 e. The predicted molar refractivity (Wildman–Crippen MR) is 126 cm³/mol. The average molecular weight is 475 g/mol. The van der Waals surface area contributed by atoms with Gasteiger partial charge in [-0.25, -0.2) is 0 Å². The SMILES string of the molecule is CCN1CCOc2c(NC(=O)/C=C3\CC(CC)(CC)Oc4cc(C(F)(F)F)ccc43)cccc21. The molecule has 2 heterocycles. The summed E-state index contributed by atoms with van der Waals surface area (Å²) < 4.78 is 51.8. The van der Waals surface area contributed by atoms with E-state index in [0.29, 0.717) is 48.4 Å². The molecule has 1 amide bonds. The number of nitrogens with one attached hydrogen (secondary N) is 1. The normalized spacial score (nSPS) is 17.9. The Hall–Kier alpha value is -3.16. The van der Waals surface area contributed by atoms with Crippen molar-refractivity contribution in [2.45, 2.75) is 51.8 Å². The molecule has 2 aromatic rings. The first kappa shape index (κ1) is 24.0. The van der Waals surface area contributed by atoms with Crippen LogP contribution in [0.3, 0.4) is 0 Å². The molecular formula is C26H29F3N2O3. The van der Waals surface area contributed by atoms with Crippen molar-refractivity contribution in [3.05, 3.63) is 53.6 Å². The number of hydrogen-bond donors (Lipinski definition) is 1. The molecule has 0 saturated heterocycles. The fraction of sp³-hybridized carbons (Fsp3) is 0.423. The summed E-state index contributed by atoms with van der Waals surface area (Å²) in [5, 5.41) is 2.90. The van der Waals surface area contributed by atoms with Crippen molar-refractivity contribution in [1.29, 1.82) is 0 Å². The second kappa shape index (κ2) is 9.24. The van der Waals surface area contributed by atoms with Gasteiger partial charge in [-0.05, 0) is 49.6 Å². The van der Waals surface area contributed by atoms with Gasteiger partial charge in [0.05, 0.1) is 23.5 Å². The highest BCUT2D eigenvalue weighted by molar-refractivity contribution is 6.05. The second-order valence-corrected chi connectivity index (χ2v) is 8.62. The first-order valence-corrected chi connectivity index (χ1v) is 11.6. The number of benzene rings is 2. The number of para-hydroxylation sites is 1. The molecule has 182 valence electrons. The van der Waals surface area contributed by atoms with Crippen LogP contribution in [0.5, 0.6) is 11.5 Å². The van der Waals surface area contributed by atoms with E-state index in [4.69, 9.17) is 9.47 Å². The van der Waals surface area contributed by atoms with E-state index in [1.54, 1.807) is 6.07 Å². The molecule has 8 heteroatoms. The molecule has 0 bridgehead atoms. The van der Waals surface area contributed by atoms with Crippen LogP contribution in [0.1, 0.15) is 51.2 Å². The third-order valence-corrected chi connectivity index (χ3v) is 6.67. The highest BCUT2D eigenvalue weighted by atomic mass is 19.4. The Kier molecular flexibility index (Phi) is 6.51. The van der Waals surface area contributed by atoms with Crippen molar-refractivity contribution in [1.82, 2.24) is 0 Å². The van der Waals surface area contributed by atoms with Crippen molar-refractivity contribution in [3.63, 3.8) is 0 Å². The number of hydrogen-bond acceptors (Lipinski definition) is 4. The van der Waals surface area contributed by atoms with Crippen molar-refractivity contribution in [3.8, 4) is 11.5 Å². The zero-order chi connectivity index (χ0) is 24.5. The van der Waals surface area contributed by atoms with Gasteiger partial charge in [-0.2, -0.15) is 13.2 Å². The van der Waals surface area contributed by atoms with Crippen molar-refractivity contribution in [2.75, 3.05) is 29.9 Å². The van der Waals surface area contributed by atoms with Gasteiger partial charge in [0, 0.05) is 24.6 Å². The molecule has 2 aromatic carbocycles. The van der Waals surface area contributed by atoms with Gasteiger partial charge < -0.3 is 19.7 Å². The zero-order valence-electron chi connectivity index (χ0n) is 19.6. The minimum atomic E-state index is -4.48. The van der Waals surface area contributed by atoms with Gasteiger partial charge in [-0.15, -0.1) is 0 Å². The fourth-order valence-electron chi connectivity index (χ4n) is 4.59. The van der Waals surface area contributed by atoms with Crippen LogP contribution in [0.25, 0.3) is 5.57 Å². The summed E-state index contributed by atoms with van der Waals surface area (Å²) in [6.07, 6.45) is -1.37. The lowest BCUT2D eigenvalue weighted by atomic mass is 9.83. The molecule has 0 radical (unpaired) electrons. The van der Waals surface area contributed by atoms with Crippen molar-refractivity contribution in [2.24, 2.45) is 0 Å². The van der Waals surface area contributed by atoms with E-state index in [2.05, 4.69) is 17.1 Å². The van der Waals surface area contributed by atoms with Gasteiger partial charge in [0.1, 0.15) is 18.0 Å². The number of anilines is 2. The summed E-state index contributed by atoms with van der Waals surface area (Å²) in [6.45, 7) is 8.06. The Balaban J connectivity index is 1.68. The summed E-state index contributed by atoms with van der Waals surface area (Å²) in [6, 6.07) is 9.04. The number of ether oxygens (including phenoxy) is 2. The molecule has 0 saturated carbocycles. The Morgan fingerprint density at radius 2 is 1.94 bits per heavy atom. The molecule has 5 nitrogen and oxygen atoms in total. The Labute approximate surface area is 197 Å². The summed E-state index contributed by atoms with van der Waals surface area (Å²) >= 11 is 0. The summed E-state index contributed by atoms with van der Waals surface area (Å²) in [7, 11) is 0. The highest BCUT2D eigenvalue weighted by Crippen LogP contribution is 2.46. The number of amides is 1. The Morgan fingerprint density at radius 1 is 1.18 bits per heavy atom. The number of halogens is 3. The third-order valence-electron chi connectivity index (χ3n) is 6.67. The third kappa shape index (κ3) is 4.58. The van der Waals surface area contributed by atoms with Gasteiger partial charge in [-0.1, -0.05) is 26.0 Å². The molecule has 0 fully saturated rings. The van der Waals surface area contributed by atoms with E-state index in [-0.39, 0.29) is 11.7 Å². The topological polar surface area (TPSA) is 50.8 Å². The zero-order valence-corrected chi connectivity index (χ0v) is 19.6. The summed E-state index contributed by atoms with van der Waals surface area (Å²) in [4.78, 5) is 15.2. The lowest BCUT2D eigenvalue weighted by Gasteiger charge is -2.39. The monoisotopic (exact) mass is 474 g/mol. The van der Waals surface area contributed by atoms with Gasteiger partial charge in [-0.3, -0.25) is 4.79 Å². The number of alkyl halides is 3. The molecule has 0 spiro atoms. The Morgan fingerprint density at radius 3 is 2.62 bits per heavy atom. The molecule has 2 aliphatic rings. The number of likely N-dealkylation sites (N-methyl/N-ethyl adjacent to an activating group) is 1. The molecule has 34 heavy (non-hydrogen) atoms.